The van der Waals surface area contributed by atoms with E-state index < -0.39 is 11.9 Å². The Hall–Kier alpha value is -3.15. The molecule has 3 rings (SSSR count). The van der Waals surface area contributed by atoms with Crippen LogP contribution in [0.3, 0.4) is 0 Å². The van der Waals surface area contributed by atoms with Gasteiger partial charge >= 0.3 is 6.03 Å². The van der Waals surface area contributed by atoms with Crippen LogP contribution in [-0.4, -0.2) is 11.9 Å². The SMILES string of the molecule is O=C1NC(=O)C(=Cc2ccc(OCc3ccc(F)cc3)cc2)N1. The number of hydrogen-bond acceptors (Lipinski definition) is 3. The first-order chi connectivity index (χ1) is 11.1. The maximum Gasteiger partial charge on any atom is 0.326 e. The van der Waals surface area contributed by atoms with Crippen molar-refractivity contribution in [2.24, 2.45) is 0 Å². The van der Waals surface area contributed by atoms with Gasteiger partial charge < -0.3 is 10.1 Å². The second-order valence-corrected chi connectivity index (χ2v) is 4.95. The van der Waals surface area contributed by atoms with Gasteiger partial charge in [-0.15, -0.1) is 0 Å². The van der Waals surface area contributed by atoms with Crippen molar-refractivity contribution in [3.8, 4) is 5.75 Å². The van der Waals surface area contributed by atoms with E-state index in [1.807, 2.05) is 0 Å². The zero-order chi connectivity index (χ0) is 16.2. The Bertz CT molecular complexity index is 767. The summed E-state index contributed by atoms with van der Waals surface area (Å²) >= 11 is 0. The minimum absolute atomic E-state index is 0.204. The van der Waals surface area contributed by atoms with Crippen LogP contribution in [0.1, 0.15) is 11.1 Å². The molecule has 2 aromatic rings. The van der Waals surface area contributed by atoms with Gasteiger partial charge in [0.2, 0.25) is 0 Å². The molecular formula is C17H13FN2O3. The number of rotatable bonds is 4. The smallest absolute Gasteiger partial charge is 0.326 e. The quantitative estimate of drug-likeness (QED) is 0.673. The van der Waals surface area contributed by atoms with E-state index in [1.165, 1.54) is 12.1 Å². The molecule has 1 aliphatic heterocycles. The predicted octanol–water partition coefficient (Wildman–Crippen LogP) is 2.58. The molecule has 0 bridgehead atoms. The molecule has 23 heavy (non-hydrogen) atoms. The molecular weight excluding hydrogens is 299 g/mol. The van der Waals surface area contributed by atoms with Crippen LogP contribution in [0.2, 0.25) is 0 Å². The second kappa shape index (κ2) is 6.31. The highest BCUT2D eigenvalue weighted by Gasteiger charge is 2.22. The molecule has 1 heterocycles. The molecule has 1 aliphatic rings. The van der Waals surface area contributed by atoms with Gasteiger partial charge in [-0.1, -0.05) is 24.3 Å². The van der Waals surface area contributed by atoms with Crippen LogP contribution in [0.25, 0.3) is 6.08 Å². The van der Waals surface area contributed by atoms with Crippen LogP contribution in [0.4, 0.5) is 9.18 Å². The number of halogens is 1. The minimum Gasteiger partial charge on any atom is -0.489 e. The molecule has 2 aromatic carbocycles. The lowest BCUT2D eigenvalue weighted by molar-refractivity contribution is -0.115. The number of ether oxygens (including phenoxy) is 1. The molecule has 0 spiro atoms. The van der Waals surface area contributed by atoms with Crippen molar-refractivity contribution in [1.29, 1.82) is 0 Å². The average Bonchev–Trinajstić information content (AvgIpc) is 2.86. The fourth-order valence-electron chi connectivity index (χ4n) is 2.06. The van der Waals surface area contributed by atoms with Gasteiger partial charge in [-0.2, -0.15) is 0 Å². The summed E-state index contributed by atoms with van der Waals surface area (Å²) in [4.78, 5) is 22.4. The molecule has 6 heteroatoms. The van der Waals surface area contributed by atoms with E-state index in [0.29, 0.717) is 12.4 Å². The van der Waals surface area contributed by atoms with Gasteiger partial charge in [0, 0.05) is 0 Å². The Morgan fingerprint density at radius 1 is 0.957 bits per heavy atom. The molecule has 0 unspecified atom stereocenters. The summed E-state index contributed by atoms with van der Waals surface area (Å²) in [5, 5.41) is 4.55. The molecule has 1 saturated heterocycles. The lowest BCUT2D eigenvalue weighted by atomic mass is 10.2. The number of amides is 3. The van der Waals surface area contributed by atoms with Gasteiger partial charge in [-0.05, 0) is 41.5 Å². The number of benzene rings is 2. The van der Waals surface area contributed by atoms with Crippen molar-refractivity contribution in [3.05, 3.63) is 71.2 Å². The normalized spacial score (nSPS) is 15.4. The highest BCUT2D eigenvalue weighted by atomic mass is 19.1. The lowest BCUT2D eigenvalue weighted by Gasteiger charge is -2.06. The van der Waals surface area contributed by atoms with Crippen molar-refractivity contribution >= 4 is 18.0 Å². The first kappa shape index (κ1) is 14.8. The summed E-state index contributed by atoms with van der Waals surface area (Å²) in [6.07, 6.45) is 1.57. The summed E-state index contributed by atoms with van der Waals surface area (Å²) in [5.74, 6) is -0.0859. The highest BCUT2D eigenvalue weighted by Crippen LogP contribution is 2.16. The minimum atomic E-state index is -0.527. The summed E-state index contributed by atoms with van der Waals surface area (Å²) in [5.41, 5.74) is 1.82. The number of carbonyl (C=O) groups is 2. The van der Waals surface area contributed by atoms with Crippen LogP contribution in [0, 0.1) is 5.82 Å². The van der Waals surface area contributed by atoms with Gasteiger partial charge in [0.05, 0.1) is 0 Å². The topological polar surface area (TPSA) is 67.4 Å². The predicted molar refractivity (Wildman–Crippen MR) is 81.8 cm³/mol. The molecule has 1 fully saturated rings. The molecule has 3 amide bonds. The third kappa shape index (κ3) is 3.74. The molecule has 0 radical (unpaired) electrons. The number of imide groups is 1. The van der Waals surface area contributed by atoms with Crippen molar-refractivity contribution < 1.29 is 18.7 Å². The van der Waals surface area contributed by atoms with Crippen molar-refractivity contribution in [2.45, 2.75) is 6.61 Å². The fraction of sp³-hybridized carbons (Fsp3) is 0.0588. The number of nitrogens with one attached hydrogen (secondary N) is 2. The summed E-state index contributed by atoms with van der Waals surface area (Å²) in [6, 6.07) is 12.6. The molecule has 5 nitrogen and oxygen atoms in total. The molecule has 0 aliphatic carbocycles. The van der Waals surface area contributed by atoms with Gasteiger partial charge in [0.1, 0.15) is 23.9 Å². The van der Waals surface area contributed by atoms with Gasteiger partial charge in [-0.25, -0.2) is 9.18 Å². The summed E-state index contributed by atoms with van der Waals surface area (Å²) in [7, 11) is 0. The molecule has 0 aromatic heterocycles. The van der Waals surface area contributed by atoms with E-state index in [9.17, 15) is 14.0 Å². The van der Waals surface area contributed by atoms with Crippen molar-refractivity contribution in [2.75, 3.05) is 0 Å². The fourth-order valence-corrected chi connectivity index (χ4v) is 2.06. The Morgan fingerprint density at radius 3 is 2.26 bits per heavy atom. The van der Waals surface area contributed by atoms with E-state index in [0.717, 1.165) is 11.1 Å². The van der Waals surface area contributed by atoms with Crippen molar-refractivity contribution in [3.63, 3.8) is 0 Å². The summed E-state index contributed by atoms with van der Waals surface area (Å²) < 4.78 is 18.4. The van der Waals surface area contributed by atoms with Crippen LogP contribution >= 0.6 is 0 Å². The molecule has 0 saturated carbocycles. The standard InChI is InChI=1S/C17H13FN2O3/c18-13-5-1-12(2-6-13)10-23-14-7-3-11(4-8-14)9-15-16(21)20-17(22)19-15/h1-9H,10H2,(H2,19,20,21,22). The van der Waals surface area contributed by atoms with Crippen LogP contribution in [0.15, 0.2) is 54.2 Å². The van der Waals surface area contributed by atoms with E-state index in [-0.39, 0.29) is 11.5 Å². The zero-order valence-electron chi connectivity index (χ0n) is 12.0. The first-order valence-electron chi connectivity index (χ1n) is 6.91. The second-order valence-electron chi connectivity index (χ2n) is 4.95. The van der Waals surface area contributed by atoms with Crippen LogP contribution < -0.4 is 15.4 Å². The van der Waals surface area contributed by atoms with Crippen LogP contribution in [-0.2, 0) is 11.4 Å². The number of urea groups is 1. The van der Waals surface area contributed by atoms with E-state index in [1.54, 1.807) is 42.5 Å². The molecule has 116 valence electrons. The van der Waals surface area contributed by atoms with E-state index >= 15 is 0 Å². The third-order valence-electron chi connectivity index (χ3n) is 3.23. The number of carbonyl (C=O) groups excluding carboxylic acids is 2. The highest BCUT2D eigenvalue weighted by molar-refractivity contribution is 6.13. The maximum absolute atomic E-state index is 12.8. The maximum atomic E-state index is 12.8. The van der Waals surface area contributed by atoms with Crippen LogP contribution in [0.5, 0.6) is 5.75 Å². The largest absolute Gasteiger partial charge is 0.489 e. The van der Waals surface area contributed by atoms with Gasteiger partial charge in [-0.3, -0.25) is 10.1 Å². The summed E-state index contributed by atoms with van der Waals surface area (Å²) in [6.45, 7) is 0.333. The first-order valence-corrected chi connectivity index (χ1v) is 6.91. The van der Waals surface area contributed by atoms with Crippen molar-refractivity contribution in [1.82, 2.24) is 10.6 Å². The Morgan fingerprint density at radius 2 is 1.65 bits per heavy atom. The molecule has 2 N–H and O–H groups in total. The van der Waals surface area contributed by atoms with E-state index in [4.69, 9.17) is 4.74 Å². The Balaban J connectivity index is 1.63. The van der Waals surface area contributed by atoms with Gasteiger partial charge in [0.25, 0.3) is 5.91 Å². The molecule has 0 atom stereocenters. The third-order valence-corrected chi connectivity index (χ3v) is 3.23. The number of hydrogen-bond donors (Lipinski definition) is 2. The Labute approximate surface area is 131 Å². The average molecular weight is 312 g/mol. The van der Waals surface area contributed by atoms with Gasteiger partial charge in [0.15, 0.2) is 0 Å². The Kier molecular flexibility index (Phi) is 4.05. The van der Waals surface area contributed by atoms with E-state index in [2.05, 4.69) is 10.6 Å². The lowest BCUT2D eigenvalue weighted by Crippen LogP contribution is -2.22. The zero-order valence-corrected chi connectivity index (χ0v) is 12.0. The monoisotopic (exact) mass is 312 g/mol.